The van der Waals surface area contributed by atoms with Crippen molar-refractivity contribution >= 4 is 5.91 Å². The minimum absolute atomic E-state index is 0.0418. The molecule has 0 bridgehead atoms. The van der Waals surface area contributed by atoms with E-state index in [-0.39, 0.29) is 12.5 Å². The second-order valence-electron chi connectivity index (χ2n) is 5.47. The quantitative estimate of drug-likeness (QED) is 0.821. The summed E-state index contributed by atoms with van der Waals surface area (Å²) < 4.78 is 5.59. The molecular formula is C16H24N2O3. The van der Waals surface area contributed by atoms with E-state index in [9.17, 15) is 9.90 Å². The number of likely N-dealkylation sites (N-methyl/N-ethyl adjacent to an activating group) is 1. The Morgan fingerprint density at radius 1 is 1.38 bits per heavy atom. The molecule has 1 saturated heterocycles. The lowest BCUT2D eigenvalue weighted by Gasteiger charge is -2.31. The summed E-state index contributed by atoms with van der Waals surface area (Å²) in [7, 11) is 1.60. The second-order valence-corrected chi connectivity index (χ2v) is 5.47. The maximum absolute atomic E-state index is 11.3. The maximum Gasteiger partial charge on any atom is 0.257 e. The van der Waals surface area contributed by atoms with Crippen molar-refractivity contribution in [1.29, 1.82) is 0 Å². The average Bonchev–Trinajstić information content (AvgIpc) is 2.54. The normalized spacial score (nSPS) is 16.7. The van der Waals surface area contributed by atoms with Gasteiger partial charge in [0.1, 0.15) is 5.75 Å². The molecule has 0 radical (unpaired) electrons. The molecule has 1 aliphatic rings. The van der Waals surface area contributed by atoms with E-state index in [1.165, 1.54) is 0 Å². The third-order valence-corrected chi connectivity index (χ3v) is 3.97. The summed E-state index contributed by atoms with van der Waals surface area (Å²) in [4.78, 5) is 13.7. The van der Waals surface area contributed by atoms with E-state index in [1.807, 2.05) is 24.3 Å². The van der Waals surface area contributed by atoms with Gasteiger partial charge in [-0.15, -0.1) is 0 Å². The Balaban J connectivity index is 1.92. The van der Waals surface area contributed by atoms with Crippen LogP contribution in [0.15, 0.2) is 24.3 Å². The van der Waals surface area contributed by atoms with Crippen LogP contribution >= 0.6 is 0 Å². The van der Waals surface area contributed by atoms with Gasteiger partial charge in [0, 0.05) is 25.8 Å². The zero-order chi connectivity index (χ0) is 15.1. The second kappa shape index (κ2) is 8.00. The van der Waals surface area contributed by atoms with Crippen LogP contribution in [0.1, 0.15) is 18.4 Å². The van der Waals surface area contributed by atoms with Gasteiger partial charge in [0.2, 0.25) is 0 Å². The lowest BCUT2D eigenvalue weighted by Crippen LogP contribution is -2.34. The van der Waals surface area contributed by atoms with Crippen LogP contribution in [0, 0.1) is 5.92 Å². The predicted molar refractivity (Wildman–Crippen MR) is 81.1 cm³/mol. The largest absolute Gasteiger partial charge is 0.483 e. The van der Waals surface area contributed by atoms with Crippen molar-refractivity contribution in [2.75, 3.05) is 33.4 Å². The number of hydrogen-bond donors (Lipinski definition) is 2. The molecule has 0 unspecified atom stereocenters. The summed E-state index contributed by atoms with van der Waals surface area (Å²) in [6.45, 7) is 3.14. The number of likely N-dealkylation sites (tertiary alicyclic amines) is 1. The summed E-state index contributed by atoms with van der Waals surface area (Å²) >= 11 is 0. The van der Waals surface area contributed by atoms with Crippen LogP contribution in [0.25, 0.3) is 0 Å². The number of piperidine rings is 1. The number of nitrogens with zero attached hydrogens (tertiary/aromatic N) is 1. The van der Waals surface area contributed by atoms with E-state index >= 15 is 0 Å². The van der Waals surface area contributed by atoms with Gasteiger partial charge in [-0.25, -0.2) is 0 Å². The number of aliphatic hydroxyl groups is 1. The first-order valence-electron chi connectivity index (χ1n) is 7.47. The molecule has 2 rings (SSSR count). The molecule has 1 aromatic rings. The fraction of sp³-hybridized carbons (Fsp3) is 0.562. The van der Waals surface area contributed by atoms with Gasteiger partial charge in [-0.1, -0.05) is 18.2 Å². The Hall–Kier alpha value is -1.59. The Labute approximate surface area is 125 Å². The highest BCUT2D eigenvalue weighted by atomic mass is 16.5. The molecular weight excluding hydrogens is 268 g/mol. The molecule has 5 nitrogen and oxygen atoms in total. The van der Waals surface area contributed by atoms with Crippen LogP contribution in [0.2, 0.25) is 0 Å². The minimum Gasteiger partial charge on any atom is -0.483 e. The van der Waals surface area contributed by atoms with Crippen molar-refractivity contribution < 1.29 is 14.6 Å². The third kappa shape index (κ3) is 4.72. The lowest BCUT2D eigenvalue weighted by atomic mass is 9.97. The smallest absolute Gasteiger partial charge is 0.257 e. The molecule has 0 aromatic heterocycles. The molecule has 1 amide bonds. The van der Waals surface area contributed by atoms with Gasteiger partial charge in [0.15, 0.2) is 6.61 Å². The van der Waals surface area contributed by atoms with Gasteiger partial charge in [0.25, 0.3) is 5.91 Å². The van der Waals surface area contributed by atoms with Crippen LogP contribution in [-0.2, 0) is 11.3 Å². The number of benzene rings is 1. The number of ether oxygens (including phenoxy) is 1. The molecule has 1 fully saturated rings. The van der Waals surface area contributed by atoms with Gasteiger partial charge in [-0.2, -0.15) is 0 Å². The first-order chi connectivity index (χ1) is 10.2. The highest BCUT2D eigenvalue weighted by Crippen LogP contribution is 2.23. The van der Waals surface area contributed by atoms with E-state index in [0.717, 1.165) is 43.8 Å². The van der Waals surface area contributed by atoms with E-state index in [4.69, 9.17) is 4.74 Å². The first-order valence-corrected chi connectivity index (χ1v) is 7.47. The number of hydrogen-bond acceptors (Lipinski definition) is 4. The van der Waals surface area contributed by atoms with Gasteiger partial charge < -0.3 is 15.2 Å². The average molecular weight is 292 g/mol. The molecule has 0 aliphatic carbocycles. The number of aliphatic hydroxyl groups excluding tert-OH is 1. The molecule has 116 valence electrons. The van der Waals surface area contributed by atoms with E-state index in [0.29, 0.717) is 12.5 Å². The number of rotatable bonds is 6. The summed E-state index contributed by atoms with van der Waals surface area (Å²) in [5.41, 5.74) is 1.10. The fourth-order valence-electron chi connectivity index (χ4n) is 2.56. The monoisotopic (exact) mass is 292 g/mol. The number of amides is 1. The Morgan fingerprint density at radius 3 is 2.76 bits per heavy atom. The summed E-state index contributed by atoms with van der Waals surface area (Å²) in [6, 6.07) is 7.85. The fourth-order valence-corrected chi connectivity index (χ4v) is 2.56. The van der Waals surface area contributed by atoms with Gasteiger partial charge in [-0.05, 0) is 37.9 Å². The highest BCUT2D eigenvalue weighted by Gasteiger charge is 2.19. The predicted octanol–water partition coefficient (Wildman–Crippen LogP) is 1.02. The van der Waals surface area contributed by atoms with Gasteiger partial charge in [-0.3, -0.25) is 9.69 Å². The number of carbonyl (C=O) groups excluding carboxylic acids is 1. The molecule has 0 spiro atoms. The van der Waals surface area contributed by atoms with Crippen molar-refractivity contribution in [3.8, 4) is 5.75 Å². The van der Waals surface area contributed by atoms with E-state index in [2.05, 4.69) is 10.2 Å². The molecule has 0 saturated carbocycles. The third-order valence-electron chi connectivity index (χ3n) is 3.97. The zero-order valence-electron chi connectivity index (χ0n) is 12.5. The van der Waals surface area contributed by atoms with Crippen molar-refractivity contribution in [1.82, 2.24) is 10.2 Å². The molecule has 1 heterocycles. The number of carbonyl (C=O) groups is 1. The molecule has 0 atom stereocenters. The maximum atomic E-state index is 11.3. The summed E-state index contributed by atoms with van der Waals surface area (Å²) in [5.74, 6) is 1.08. The first kappa shape index (κ1) is 15.8. The molecule has 1 aliphatic heterocycles. The Kier molecular flexibility index (Phi) is 6.02. The van der Waals surface area contributed by atoms with Crippen LogP contribution in [0.3, 0.4) is 0 Å². The molecule has 5 heteroatoms. The summed E-state index contributed by atoms with van der Waals surface area (Å²) in [5, 5.41) is 11.7. The van der Waals surface area contributed by atoms with E-state index < -0.39 is 0 Å². The molecule has 1 aromatic carbocycles. The van der Waals surface area contributed by atoms with Crippen LogP contribution in [-0.4, -0.2) is 49.3 Å². The van der Waals surface area contributed by atoms with Gasteiger partial charge in [0.05, 0.1) is 0 Å². The molecule has 2 N–H and O–H groups in total. The standard InChI is InChI=1S/C16H24N2O3/c1-17-16(20)12-21-15-5-3-2-4-14(15)10-18-8-6-13(11-19)7-9-18/h2-5,13,19H,6-12H2,1H3,(H,17,20). The van der Waals surface area contributed by atoms with Crippen LogP contribution < -0.4 is 10.1 Å². The Bertz CT molecular complexity index is 457. The van der Waals surface area contributed by atoms with Crippen molar-refractivity contribution in [3.63, 3.8) is 0 Å². The van der Waals surface area contributed by atoms with Crippen LogP contribution in [0.4, 0.5) is 0 Å². The number of nitrogens with one attached hydrogen (secondary N) is 1. The number of para-hydroxylation sites is 1. The lowest BCUT2D eigenvalue weighted by molar-refractivity contribution is -0.122. The van der Waals surface area contributed by atoms with Crippen molar-refractivity contribution in [3.05, 3.63) is 29.8 Å². The Morgan fingerprint density at radius 2 is 2.10 bits per heavy atom. The highest BCUT2D eigenvalue weighted by molar-refractivity contribution is 5.77. The van der Waals surface area contributed by atoms with Crippen LogP contribution in [0.5, 0.6) is 5.75 Å². The summed E-state index contributed by atoms with van der Waals surface area (Å²) in [6.07, 6.45) is 2.08. The van der Waals surface area contributed by atoms with Gasteiger partial charge >= 0.3 is 0 Å². The zero-order valence-corrected chi connectivity index (χ0v) is 12.5. The topological polar surface area (TPSA) is 61.8 Å². The minimum atomic E-state index is -0.131. The van der Waals surface area contributed by atoms with Crippen molar-refractivity contribution in [2.45, 2.75) is 19.4 Å². The van der Waals surface area contributed by atoms with Crippen molar-refractivity contribution in [2.24, 2.45) is 5.92 Å². The molecule has 21 heavy (non-hydrogen) atoms. The van der Waals surface area contributed by atoms with E-state index in [1.54, 1.807) is 7.05 Å². The SMILES string of the molecule is CNC(=O)COc1ccccc1CN1CCC(CO)CC1.